The molecular weight excluding hydrogens is 272 g/mol. The first-order valence-electron chi connectivity index (χ1n) is 7.41. The van der Waals surface area contributed by atoms with E-state index in [1.807, 2.05) is 25.1 Å². The van der Waals surface area contributed by atoms with Gasteiger partial charge in [-0.25, -0.2) is 13.1 Å². The third-order valence-corrected chi connectivity index (χ3v) is 5.20. The highest BCUT2D eigenvalue weighted by atomic mass is 32.2. The topological polar surface area (TPSA) is 49.4 Å². The summed E-state index contributed by atoms with van der Waals surface area (Å²) >= 11 is 0. The lowest BCUT2D eigenvalue weighted by Gasteiger charge is -2.27. The molecule has 1 unspecified atom stereocenters. The summed E-state index contributed by atoms with van der Waals surface area (Å²) in [4.78, 5) is 2.31. The molecule has 0 spiro atoms. The molecule has 1 aromatic carbocycles. The summed E-state index contributed by atoms with van der Waals surface area (Å²) in [5.41, 5.74) is 1.18. The van der Waals surface area contributed by atoms with Crippen molar-refractivity contribution < 1.29 is 8.42 Å². The number of unbranched alkanes of at least 4 members (excludes halogenated alkanes) is 1. The van der Waals surface area contributed by atoms with Crippen LogP contribution in [0.5, 0.6) is 0 Å². The molecule has 0 amide bonds. The van der Waals surface area contributed by atoms with Crippen molar-refractivity contribution in [1.82, 2.24) is 4.72 Å². The van der Waals surface area contributed by atoms with Gasteiger partial charge in [-0.15, -0.1) is 0 Å². The van der Waals surface area contributed by atoms with E-state index in [1.165, 1.54) is 5.69 Å². The molecule has 0 radical (unpaired) electrons. The van der Waals surface area contributed by atoms with Crippen LogP contribution in [-0.4, -0.2) is 33.3 Å². The van der Waals surface area contributed by atoms with E-state index in [2.05, 4.69) is 21.8 Å². The fourth-order valence-corrected chi connectivity index (χ4v) is 3.90. The lowest BCUT2D eigenvalue weighted by molar-refractivity contribution is 0.564. The summed E-state index contributed by atoms with van der Waals surface area (Å²) in [6, 6.07) is 10.5. The maximum absolute atomic E-state index is 11.9. The Morgan fingerprint density at radius 3 is 2.75 bits per heavy atom. The van der Waals surface area contributed by atoms with Gasteiger partial charge in [-0.3, -0.25) is 0 Å². The Hall–Kier alpha value is -1.07. The number of anilines is 1. The van der Waals surface area contributed by atoms with Crippen LogP contribution in [0, 0.1) is 0 Å². The molecule has 1 aromatic rings. The minimum atomic E-state index is -3.11. The molecule has 1 heterocycles. The van der Waals surface area contributed by atoms with Crippen LogP contribution in [0.3, 0.4) is 0 Å². The van der Waals surface area contributed by atoms with Crippen LogP contribution in [0.15, 0.2) is 30.3 Å². The zero-order valence-corrected chi connectivity index (χ0v) is 12.9. The first-order chi connectivity index (χ1) is 9.62. The average molecular weight is 296 g/mol. The van der Waals surface area contributed by atoms with Crippen LogP contribution in [0.4, 0.5) is 5.69 Å². The number of rotatable bonds is 7. The van der Waals surface area contributed by atoms with E-state index in [9.17, 15) is 8.42 Å². The molecule has 2 rings (SSSR count). The first kappa shape index (κ1) is 15.3. The Kier molecular flexibility index (Phi) is 5.43. The van der Waals surface area contributed by atoms with Crippen molar-refractivity contribution in [3.63, 3.8) is 0 Å². The van der Waals surface area contributed by atoms with Gasteiger partial charge in [0.05, 0.1) is 5.75 Å². The smallest absolute Gasteiger partial charge is 0.211 e. The number of hydrogen-bond acceptors (Lipinski definition) is 3. The zero-order valence-electron chi connectivity index (χ0n) is 12.1. The molecule has 1 atom stereocenters. The standard InChI is InChI=1S/C15H24N2O2S/c1-2-3-12-20(18,19)16-13-15-10-7-11-17(15)14-8-5-4-6-9-14/h4-6,8-9,15-16H,2-3,7,10-13H2,1H3. The normalized spacial score (nSPS) is 19.4. The third-order valence-electron chi connectivity index (χ3n) is 3.77. The molecule has 20 heavy (non-hydrogen) atoms. The van der Waals surface area contributed by atoms with Gasteiger partial charge >= 0.3 is 0 Å². The predicted molar refractivity (Wildman–Crippen MR) is 83.5 cm³/mol. The van der Waals surface area contributed by atoms with E-state index in [-0.39, 0.29) is 11.8 Å². The van der Waals surface area contributed by atoms with Crippen molar-refractivity contribution in [1.29, 1.82) is 0 Å². The second-order valence-electron chi connectivity index (χ2n) is 5.35. The average Bonchev–Trinajstić information content (AvgIpc) is 2.93. The van der Waals surface area contributed by atoms with Crippen molar-refractivity contribution in [2.45, 2.75) is 38.6 Å². The molecule has 1 aliphatic rings. The van der Waals surface area contributed by atoms with Crippen LogP contribution in [0.25, 0.3) is 0 Å². The van der Waals surface area contributed by atoms with Crippen LogP contribution >= 0.6 is 0 Å². The quantitative estimate of drug-likeness (QED) is 0.840. The summed E-state index contributed by atoms with van der Waals surface area (Å²) in [7, 11) is -3.11. The molecule has 1 saturated heterocycles. The van der Waals surface area contributed by atoms with Gasteiger partial charge in [0.15, 0.2) is 0 Å². The van der Waals surface area contributed by atoms with E-state index >= 15 is 0 Å². The van der Waals surface area contributed by atoms with Gasteiger partial charge < -0.3 is 4.90 Å². The predicted octanol–water partition coefficient (Wildman–Crippen LogP) is 2.37. The minimum Gasteiger partial charge on any atom is -0.367 e. The van der Waals surface area contributed by atoms with Crippen molar-refractivity contribution in [3.05, 3.63) is 30.3 Å². The highest BCUT2D eigenvalue weighted by Gasteiger charge is 2.25. The fraction of sp³-hybridized carbons (Fsp3) is 0.600. The fourth-order valence-electron chi connectivity index (χ4n) is 2.64. The Balaban J connectivity index is 1.92. The Morgan fingerprint density at radius 2 is 2.05 bits per heavy atom. The summed E-state index contributed by atoms with van der Waals surface area (Å²) in [5, 5.41) is 0. The Bertz CT molecular complexity index is 502. The molecule has 112 valence electrons. The number of para-hydroxylation sites is 1. The van der Waals surface area contributed by atoms with Gasteiger partial charge in [0.2, 0.25) is 10.0 Å². The number of hydrogen-bond donors (Lipinski definition) is 1. The summed E-state index contributed by atoms with van der Waals surface area (Å²) in [6.07, 6.45) is 3.80. The Morgan fingerprint density at radius 1 is 1.30 bits per heavy atom. The van der Waals surface area contributed by atoms with Crippen LogP contribution in [-0.2, 0) is 10.0 Å². The van der Waals surface area contributed by atoms with Gasteiger partial charge in [-0.1, -0.05) is 31.5 Å². The maximum Gasteiger partial charge on any atom is 0.211 e. The van der Waals surface area contributed by atoms with Crippen molar-refractivity contribution in [2.24, 2.45) is 0 Å². The molecule has 0 aromatic heterocycles. The van der Waals surface area contributed by atoms with E-state index in [0.717, 1.165) is 32.2 Å². The number of nitrogens with one attached hydrogen (secondary N) is 1. The lowest BCUT2D eigenvalue weighted by atomic mass is 10.2. The van der Waals surface area contributed by atoms with E-state index in [0.29, 0.717) is 6.54 Å². The second kappa shape index (κ2) is 7.09. The highest BCUT2D eigenvalue weighted by Crippen LogP contribution is 2.24. The van der Waals surface area contributed by atoms with Gasteiger partial charge in [-0.2, -0.15) is 0 Å². The first-order valence-corrected chi connectivity index (χ1v) is 9.06. The van der Waals surface area contributed by atoms with Gasteiger partial charge in [0, 0.05) is 24.8 Å². The van der Waals surface area contributed by atoms with Crippen LogP contribution in [0.1, 0.15) is 32.6 Å². The van der Waals surface area contributed by atoms with Gasteiger partial charge in [0.1, 0.15) is 0 Å². The molecule has 4 nitrogen and oxygen atoms in total. The largest absolute Gasteiger partial charge is 0.367 e. The SMILES string of the molecule is CCCCS(=O)(=O)NCC1CCCN1c1ccccc1. The van der Waals surface area contributed by atoms with Crippen molar-refractivity contribution in [3.8, 4) is 0 Å². The monoisotopic (exact) mass is 296 g/mol. The van der Waals surface area contributed by atoms with Crippen molar-refractivity contribution >= 4 is 15.7 Å². The van der Waals surface area contributed by atoms with E-state index in [4.69, 9.17) is 0 Å². The summed E-state index contributed by atoms with van der Waals surface area (Å²) in [6.45, 7) is 3.52. The molecule has 5 heteroatoms. The maximum atomic E-state index is 11.9. The molecular formula is C15H24N2O2S. The zero-order chi connectivity index (χ0) is 14.4. The number of sulfonamides is 1. The summed E-state index contributed by atoms with van der Waals surface area (Å²) in [5.74, 6) is 0.238. The molecule has 1 N–H and O–H groups in total. The van der Waals surface area contributed by atoms with E-state index < -0.39 is 10.0 Å². The lowest BCUT2D eigenvalue weighted by Crippen LogP contribution is -2.40. The van der Waals surface area contributed by atoms with Crippen LogP contribution < -0.4 is 9.62 Å². The molecule has 1 fully saturated rings. The molecule has 0 aliphatic carbocycles. The highest BCUT2D eigenvalue weighted by molar-refractivity contribution is 7.89. The summed E-state index contributed by atoms with van der Waals surface area (Å²) < 4.78 is 26.5. The molecule has 0 bridgehead atoms. The number of benzene rings is 1. The second-order valence-corrected chi connectivity index (χ2v) is 7.27. The van der Waals surface area contributed by atoms with Crippen LogP contribution in [0.2, 0.25) is 0 Å². The van der Waals surface area contributed by atoms with Gasteiger partial charge in [0.25, 0.3) is 0 Å². The van der Waals surface area contributed by atoms with Gasteiger partial charge in [-0.05, 0) is 31.4 Å². The third kappa shape index (κ3) is 4.21. The minimum absolute atomic E-state index is 0.238. The molecule has 0 saturated carbocycles. The Labute approximate surface area is 122 Å². The van der Waals surface area contributed by atoms with Crippen molar-refractivity contribution in [2.75, 3.05) is 23.7 Å². The van der Waals surface area contributed by atoms with E-state index in [1.54, 1.807) is 0 Å². The molecule has 1 aliphatic heterocycles. The number of nitrogens with zero attached hydrogens (tertiary/aromatic N) is 1.